The number of aromatic nitrogens is 2. The van der Waals surface area contributed by atoms with Crippen LogP contribution in [-0.2, 0) is 9.59 Å². The second kappa shape index (κ2) is 19.0. The summed E-state index contributed by atoms with van der Waals surface area (Å²) >= 11 is 0. The summed E-state index contributed by atoms with van der Waals surface area (Å²) in [6, 6.07) is 13.2. The van der Waals surface area contributed by atoms with Gasteiger partial charge in [-0.3, -0.25) is 19.2 Å². The normalized spacial score (nSPS) is 12.2. The summed E-state index contributed by atoms with van der Waals surface area (Å²) in [5, 5.41) is 11.2. The molecule has 2 aromatic heterocycles. The predicted octanol–water partition coefficient (Wildman–Crippen LogP) is 6.00. The third-order valence-corrected chi connectivity index (χ3v) is 7.19. The molecule has 11 heteroatoms. The van der Waals surface area contributed by atoms with Gasteiger partial charge in [0.15, 0.2) is 0 Å². The molecule has 2 atom stereocenters. The van der Waals surface area contributed by atoms with Gasteiger partial charge in [0, 0.05) is 23.5 Å². The number of rotatable bonds is 18. The Morgan fingerprint density at radius 1 is 0.681 bits per heavy atom. The van der Waals surface area contributed by atoms with Crippen molar-refractivity contribution in [2.75, 3.05) is 17.2 Å². The summed E-state index contributed by atoms with van der Waals surface area (Å²) < 4.78 is 5.99. The van der Waals surface area contributed by atoms with Crippen LogP contribution in [0.5, 0.6) is 5.75 Å². The van der Waals surface area contributed by atoms with E-state index in [0.717, 1.165) is 25.7 Å². The van der Waals surface area contributed by atoms with E-state index in [0.29, 0.717) is 36.8 Å². The van der Waals surface area contributed by atoms with Gasteiger partial charge in [-0.15, -0.1) is 0 Å². The van der Waals surface area contributed by atoms with Gasteiger partial charge < -0.3 is 26.0 Å². The second-order valence-electron chi connectivity index (χ2n) is 12.4. The lowest BCUT2D eigenvalue weighted by Gasteiger charge is -2.21. The number of carbonyl (C=O) groups is 4. The van der Waals surface area contributed by atoms with Crippen LogP contribution < -0.4 is 26.0 Å². The molecule has 0 bridgehead atoms. The molecule has 11 nitrogen and oxygen atoms in total. The maximum atomic E-state index is 13.6. The Bertz CT molecular complexity index is 1350. The van der Waals surface area contributed by atoms with E-state index in [2.05, 4.69) is 38.2 Å². The van der Waals surface area contributed by atoms with Crippen LogP contribution in [0.3, 0.4) is 0 Å². The van der Waals surface area contributed by atoms with E-state index in [9.17, 15) is 19.2 Å². The zero-order chi connectivity index (χ0) is 34.2. The SMILES string of the molecule is CCCCCCOc1cc(C(=O)N[C@@H](CC(C)C)C(=O)Nc2ccccn2)cc(C(=O)N[C@@H](CC(C)C)C(=O)Nc2ccccn2)c1. The van der Waals surface area contributed by atoms with Crippen LogP contribution in [0.25, 0.3) is 0 Å². The highest BCUT2D eigenvalue weighted by Gasteiger charge is 2.26. The van der Waals surface area contributed by atoms with Gasteiger partial charge >= 0.3 is 0 Å². The molecule has 0 radical (unpaired) electrons. The molecule has 0 fully saturated rings. The summed E-state index contributed by atoms with van der Waals surface area (Å²) in [5.74, 6) is -0.580. The number of amides is 4. The molecular formula is C36H48N6O5. The number of benzene rings is 1. The Kier molecular flexibility index (Phi) is 14.8. The van der Waals surface area contributed by atoms with Gasteiger partial charge in [0.1, 0.15) is 29.5 Å². The molecular weight excluding hydrogens is 596 g/mol. The molecule has 2 heterocycles. The number of anilines is 2. The molecule has 1 aromatic carbocycles. The van der Waals surface area contributed by atoms with Crippen LogP contribution >= 0.6 is 0 Å². The van der Waals surface area contributed by atoms with E-state index < -0.39 is 35.7 Å². The standard InChI is InChI=1S/C36H48N6O5/c1-6-7-8-13-18-47-28-22-26(33(43)39-29(19-24(2)3)35(45)41-31-14-9-11-16-37-31)21-27(23-28)34(44)40-30(20-25(4)5)36(46)42-32-15-10-12-17-38-32/h9-12,14-17,21-25,29-30H,6-8,13,18-20H2,1-5H3,(H,39,43)(H,40,44)(H,37,41,45)(H,38,42,46)/t29-,30-/m0/s1. The predicted molar refractivity (Wildman–Crippen MR) is 183 cm³/mol. The molecule has 0 aliphatic heterocycles. The number of nitrogens with zero attached hydrogens (tertiary/aromatic N) is 2. The monoisotopic (exact) mass is 644 g/mol. The Balaban J connectivity index is 1.86. The largest absolute Gasteiger partial charge is 0.494 e. The fourth-order valence-electron chi connectivity index (χ4n) is 4.85. The number of pyridine rings is 2. The Morgan fingerprint density at radius 3 is 1.57 bits per heavy atom. The highest BCUT2D eigenvalue weighted by Crippen LogP contribution is 2.20. The minimum atomic E-state index is -0.855. The maximum Gasteiger partial charge on any atom is 0.252 e. The first-order valence-electron chi connectivity index (χ1n) is 16.4. The molecule has 4 amide bonds. The van der Waals surface area contributed by atoms with Crippen molar-refractivity contribution in [3.63, 3.8) is 0 Å². The summed E-state index contributed by atoms with van der Waals surface area (Å²) in [6.45, 7) is 10.4. The van der Waals surface area contributed by atoms with Crippen LogP contribution in [0.15, 0.2) is 67.0 Å². The van der Waals surface area contributed by atoms with Crippen molar-refractivity contribution in [3.05, 3.63) is 78.1 Å². The van der Waals surface area contributed by atoms with Crippen molar-refractivity contribution in [3.8, 4) is 5.75 Å². The van der Waals surface area contributed by atoms with Gasteiger partial charge in [-0.05, 0) is 73.6 Å². The molecule has 0 aliphatic carbocycles. The summed E-state index contributed by atoms with van der Waals surface area (Å²) in [4.78, 5) is 62.0. The van der Waals surface area contributed by atoms with E-state index in [1.165, 1.54) is 6.07 Å². The van der Waals surface area contributed by atoms with E-state index in [1.807, 2.05) is 27.7 Å². The maximum absolute atomic E-state index is 13.6. The van der Waals surface area contributed by atoms with Crippen LogP contribution in [0.4, 0.5) is 11.6 Å². The van der Waals surface area contributed by atoms with E-state index >= 15 is 0 Å². The number of hydrogen-bond acceptors (Lipinski definition) is 7. The lowest BCUT2D eigenvalue weighted by Crippen LogP contribution is -2.45. The van der Waals surface area contributed by atoms with Crippen molar-refractivity contribution in [1.82, 2.24) is 20.6 Å². The van der Waals surface area contributed by atoms with Crippen molar-refractivity contribution in [1.29, 1.82) is 0 Å². The van der Waals surface area contributed by atoms with Gasteiger partial charge in [0.2, 0.25) is 11.8 Å². The van der Waals surface area contributed by atoms with Crippen molar-refractivity contribution < 1.29 is 23.9 Å². The molecule has 0 unspecified atom stereocenters. The first kappa shape index (κ1) is 36.7. The summed E-state index contributed by atoms with van der Waals surface area (Å²) in [7, 11) is 0. The zero-order valence-corrected chi connectivity index (χ0v) is 28.0. The second-order valence-corrected chi connectivity index (χ2v) is 12.4. The van der Waals surface area contributed by atoms with Crippen molar-refractivity contribution >= 4 is 35.3 Å². The molecule has 3 rings (SSSR count). The number of hydrogen-bond donors (Lipinski definition) is 4. The highest BCUT2D eigenvalue weighted by atomic mass is 16.5. The van der Waals surface area contributed by atoms with Crippen LogP contribution in [0.2, 0.25) is 0 Å². The van der Waals surface area contributed by atoms with Crippen molar-refractivity contribution in [2.45, 2.75) is 85.2 Å². The van der Waals surface area contributed by atoms with E-state index in [1.54, 1.807) is 60.9 Å². The first-order valence-corrected chi connectivity index (χ1v) is 16.4. The average molecular weight is 645 g/mol. The first-order chi connectivity index (χ1) is 22.5. The Morgan fingerprint density at radius 2 is 1.17 bits per heavy atom. The van der Waals surface area contributed by atoms with Gasteiger partial charge in [-0.1, -0.05) is 66.0 Å². The van der Waals surface area contributed by atoms with E-state index in [-0.39, 0.29) is 23.0 Å². The zero-order valence-electron chi connectivity index (χ0n) is 28.0. The highest BCUT2D eigenvalue weighted by molar-refractivity contribution is 6.04. The van der Waals surface area contributed by atoms with Gasteiger partial charge in [-0.25, -0.2) is 9.97 Å². The molecule has 3 aromatic rings. The molecule has 0 spiro atoms. The Hall–Kier alpha value is -4.80. The Labute approximate surface area is 277 Å². The van der Waals surface area contributed by atoms with Gasteiger partial charge in [0.25, 0.3) is 11.8 Å². The lowest BCUT2D eigenvalue weighted by atomic mass is 10.0. The molecule has 47 heavy (non-hydrogen) atoms. The third-order valence-electron chi connectivity index (χ3n) is 7.19. The number of ether oxygens (including phenoxy) is 1. The van der Waals surface area contributed by atoms with Crippen LogP contribution in [-0.4, -0.2) is 52.3 Å². The van der Waals surface area contributed by atoms with Gasteiger partial charge in [0.05, 0.1) is 6.61 Å². The minimum Gasteiger partial charge on any atom is -0.494 e. The summed E-state index contributed by atoms with van der Waals surface area (Å²) in [6.07, 6.45) is 7.88. The molecule has 4 N–H and O–H groups in total. The smallest absolute Gasteiger partial charge is 0.252 e. The third kappa shape index (κ3) is 12.8. The van der Waals surface area contributed by atoms with Crippen LogP contribution in [0, 0.1) is 11.8 Å². The fourth-order valence-corrected chi connectivity index (χ4v) is 4.85. The van der Waals surface area contributed by atoms with Crippen molar-refractivity contribution in [2.24, 2.45) is 11.8 Å². The molecule has 0 saturated carbocycles. The molecule has 0 aliphatic rings. The number of unbranched alkanes of at least 4 members (excludes halogenated alkanes) is 3. The van der Waals surface area contributed by atoms with Gasteiger partial charge in [-0.2, -0.15) is 0 Å². The summed E-state index contributed by atoms with van der Waals surface area (Å²) in [5.41, 5.74) is 0.304. The van der Waals surface area contributed by atoms with E-state index in [4.69, 9.17) is 4.74 Å². The molecule has 252 valence electrons. The fraction of sp³-hybridized carbons (Fsp3) is 0.444. The quantitative estimate of drug-likeness (QED) is 0.124. The number of carbonyl (C=O) groups excluding carboxylic acids is 4. The number of nitrogens with one attached hydrogen (secondary N) is 4. The average Bonchev–Trinajstić information content (AvgIpc) is 3.04. The van der Waals surface area contributed by atoms with Crippen LogP contribution in [0.1, 0.15) is 93.9 Å². The minimum absolute atomic E-state index is 0.101. The molecule has 0 saturated heterocycles. The topological polar surface area (TPSA) is 151 Å². The lowest BCUT2D eigenvalue weighted by molar-refractivity contribution is -0.119.